The lowest BCUT2D eigenvalue weighted by molar-refractivity contribution is -0.0650. The summed E-state index contributed by atoms with van der Waals surface area (Å²) in [4.78, 5) is 29.0. The van der Waals surface area contributed by atoms with Gasteiger partial charge >= 0.3 is 0 Å². The van der Waals surface area contributed by atoms with Gasteiger partial charge in [0.15, 0.2) is 11.5 Å². The highest BCUT2D eigenvalue weighted by Crippen LogP contribution is 2.47. The van der Waals surface area contributed by atoms with Gasteiger partial charge < -0.3 is 5.11 Å². The van der Waals surface area contributed by atoms with E-state index in [1.807, 2.05) is 24.3 Å². The van der Waals surface area contributed by atoms with Gasteiger partial charge in [-0.1, -0.05) is 103 Å². The molecular formula is C28H20ClNO3. The van der Waals surface area contributed by atoms with Crippen LogP contribution in [-0.2, 0) is 5.72 Å². The van der Waals surface area contributed by atoms with Crippen LogP contribution in [0.1, 0.15) is 43.4 Å². The molecule has 0 aliphatic carbocycles. The number of aliphatic hydroxyl groups is 1. The van der Waals surface area contributed by atoms with Gasteiger partial charge in [0.25, 0.3) is 5.91 Å². The van der Waals surface area contributed by atoms with E-state index in [1.54, 1.807) is 84.9 Å². The molecule has 1 aliphatic heterocycles. The van der Waals surface area contributed by atoms with Crippen LogP contribution in [0.3, 0.4) is 0 Å². The third-order valence-corrected chi connectivity index (χ3v) is 6.28. The van der Waals surface area contributed by atoms with E-state index in [2.05, 4.69) is 0 Å². The number of carbonyl (C=O) groups is 2. The quantitative estimate of drug-likeness (QED) is 0.399. The Labute approximate surface area is 196 Å². The highest BCUT2D eigenvalue weighted by Gasteiger charge is 2.54. The Hall–Kier alpha value is -3.73. The number of amides is 1. The third kappa shape index (κ3) is 3.44. The van der Waals surface area contributed by atoms with Crippen LogP contribution >= 0.6 is 11.6 Å². The van der Waals surface area contributed by atoms with Crippen molar-refractivity contribution in [1.29, 1.82) is 0 Å². The summed E-state index contributed by atoms with van der Waals surface area (Å²) < 4.78 is 0. The largest absolute Gasteiger partial charge is 0.363 e. The van der Waals surface area contributed by atoms with Crippen LogP contribution in [0.5, 0.6) is 0 Å². The summed E-state index contributed by atoms with van der Waals surface area (Å²) in [5.74, 6) is -0.698. The van der Waals surface area contributed by atoms with Crippen molar-refractivity contribution in [2.24, 2.45) is 0 Å². The summed E-state index contributed by atoms with van der Waals surface area (Å²) in [6, 6.07) is 30.4. The molecule has 0 saturated heterocycles. The first-order valence-electron chi connectivity index (χ1n) is 10.6. The van der Waals surface area contributed by atoms with Crippen LogP contribution in [0.2, 0.25) is 5.02 Å². The Morgan fingerprint density at radius 1 is 0.788 bits per heavy atom. The molecule has 1 aliphatic rings. The van der Waals surface area contributed by atoms with Gasteiger partial charge in [-0.25, -0.2) is 0 Å². The molecule has 0 radical (unpaired) electrons. The smallest absolute Gasteiger partial charge is 0.258 e. The second kappa shape index (κ2) is 8.32. The average Bonchev–Trinajstić information content (AvgIpc) is 3.09. The molecule has 0 fully saturated rings. The summed E-state index contributed by atoms with van der Waals surface area (Å²) in [5, 5.41) is 12.8. The molecule has 2 atom stereocenters. The zero-order chi connectivity index (χ0) is 23.0. The molecule has 0 bridgehead atoms. The molecule has 4 aromatic rings. The lowest BCUT2D eigenvalue weighted by Gasteiger charge is -2.39. The SMILES string of the molecule is O=C(c1ccccc1)C(c1ccccc1)N1C(=O)c2ccccc2C1(O)c1ccc(Cl)cc1. The van der Waals surface area contributed by atoms with E-state index >= 15 is 0 Å². The van der Waals surface area contributed by atoms with E-state index < -0.39 is 17.7 Å². The Morgan fingerprint density at radius 2 is 1.36 bits per heavy atom. The molecule has 162 valence electrons. The maximum absolute atomic E-state index is 13.9. The zero-order valence-corrected chi connectivity index (χ0v) is 18.3. The van der Waals surface area contributed by atoms with E-state index in [-0.39, 0.29) is 5.78 Å². The average molecular weight is 454 g/mol. The molecule has 0 aromatic heterocycles. The fraction of sp³-hybridized carbons (Fsp3) is 0.0714. The molecule has 5 rings (SSSR count). The molecule has 5 heteroatoms. The van der Waals surface area contributed by atoms with Gasteiger partial charge in [-0.3, -0.25) is 14.5 Å². The summed E-state index contributed by atoms with van der Waals surface area (Å²) in [6.07, 6.45) is 0. The molecule has 0 saturated carbocycles. The number of benzene rings is 4. The van der Waals surface area contributed by atoms with E-state index in [4.69, 9.17) is 11.6 Å². The zero-order valence-electron chi connectivity index (χ0n) is 17.6. The highest BCUT2D eigenvalue weighted by molar-refractivity contribution is 6.30. The van der Waals surface area contributed by atoms with Gasteiger partial charge in [-0.15, -0.1) is 0 Å². The fourth-order valence-corrected chi connectivity index (χ4v) is 4.60. The second-order valence-corrected chi connectivity index (χ2v) is 8.38. The molecule has 1 N–H and O–H groups in total. The minimum absolute atomic E-state index is 0.282. The lowest BCUT2D eigenvalue weighted by atomic mass is 9.90. The number of rotatable bonds is 5. The van der Waals surface area contributed by atoms with Crippen molar-refractivity contribution in [3.8, 4) is 0 Å². The van der Waals surface area contributed by atoms with Crippen LogP contribution < -0.4 is 0 Å². The monoisotopic (exact) mass is 453 g/mol. The topological polar surface area (TPSA) is 57.6 Å². The summed E-state index contributed by atoms with van der Waals surface area (Å²) in [7, 11) is 0. The third-order valence-electron chi connectivity index (χ3n) is 6.03. The summed E-state index contributed by atoms with van der Waals surface area (Å²) in [5.41, 5.74) is 0.444. The van der Waals surface area contributed by atoms with E-state index in [1.165, 1.54) is 4.90 Å². The van der Waals surface area contributed by atoms with E-state index in [0.717, 1.165) is 0 Å². The van der Waals surface area contributed by atoms with Crippen LogP contribution in [0.25, 0.3) is 0 Å². The number of hydrogen-bond donors (Lipinski definition) is 1. The number of carbonyl (C=O) groups excluding carboxylic acids is 2. The predicted octanol–water partition coefficient (Wildman–Crippen LogP) is 5.61. The minimum atomic E-state index is -1.86. The van der Waals surface area contributed by atoms with Crippen LogP contribution in [0.4, 0.5) is 0 Å². The summed E-state index contributed by atoms with van der Waals surface area (Å²) >= 11 is 6.10. The second-order valence-electron chi connectivity index (χ2n) is 7.94. The normalized spacial score (nSPS) is 18.1. The van der Waals surface area contributed by atoms with Crippen molar-refractivity contribution in [1.82, 2.24) is 4.90 Å². The van der Waals surface area contributed by atoms with Gasteiger partial charge in [-0.05, 0) is 23.8 Å². The Bertz CT molecular complexity index is 1320. The Morgan fingerprint density at radius 3 is 2.03 bits per heavy atom. The minimum Gasteiger partial charge on any atom is -0.363 e. The van der Waals surface area contributed by atoms with E-state index in [0.29, 0.717) is 32.8 Å². The molecule has 0 spiro atoms. The van der Waals surface area contributed by atoms with Crippen LogP contribution in [-0.4, -0.2) is 21.7 Å². The number of ketones is 1. The van der Waals surface area contributed by atoms with Gasteiger partial charge in [0, 0.05) is 27.3 Å². The molecule has 4 nitrogen and oxygen atoms in total. The molecule has 2 unspecified atom stereocenters. The fourth-order valence-electron chi connectivity index (χ4n) is 4.47. The van der Waals surface area contributed by atoms with Crippen molar-refractivity contribution in [3.63, 3.8) is 0 Å². The van der Waals surface area contributed by atoms with Crippen LogP contribution in [0, 0.1) is 0 Å². The number of halogens is 1. The Kier molecular flexibility index (Phi) is 5.33. The van der Waals surface area contributed by atoms with Crippen molar-refractivity contribution in [2.75, 3.05) is 0 Å². The first-order chi connectivity index (χ1) is 16.0. The maximum atomic E-state index is 13.9. The van der Waals surface area contributed by atoms with Crippen molar-refractivity contribution in [3.05, 3.63) is 142 Å². The Balaban J connectivity index is 1.76. The van der Waals surface area contributed by atoms with Crippen LogP contribution in [0.15, 0.2) is 109 Å². The highest BCUT2D eigenvalue weighted by atomic mass is 35.5. The number of fused-ring (bicyclic) bond motifs is 1. The standard InChI is InChI=1S/C28H20ClNO3/c29-22-17-15-21(16-18-22)28(33)24-14-8-7-13-23(24)27(32)30(28)25(19-9-3-1-4-10-19)26(31)20-11-5-2-6-12-20/h1-18,25,33H. The number of hydrogen-bond acceptors (Lipinski definition) is 3. The summed E-state index contributed by atoms with van der Waals surface area (Å²) in [6.45, 7) is 0. The molecule has 4 aromatic carbocycles. The van der Waals surface area contributed by atoms with Crippen molar-refractivity contribution < 1.29 is 14.7 Å². The molecule has 1 heterocycles. The number of Topliss-reactive ketones (excluding diaryl/α,β-unsaturated/α-hetero) is 1. The first kappa shape index (κ1) is 21.1. The molecular weight excluding hydrogens is 434 g/mol. The number of nitrogens with zero attached hydrogens (tertiary/aromatic N) is 1. The molecule has 33 heavy (non-hydrogen) atoms. The van der Waals surface area contributed by atoms with Gasteiger partial charge in [-0.2, -0.15) is 0 Å². The first-order valence-corrected chi connectivity index (χ1v) is 11.0. The van der Waals surface area contributed by atoms with E-state index in [9.17, 15) is 14.7 Å². The van der Waals surface area contributed by atoms with Crippen molar-refractivity contribution in [2.45, 2.75) is 11.8 Å². The van der Waals surface area contributed by atoms with Gasteiger partial charge in [0.2, 0.25) is 0 Å². The van der Waals surface area contributed by atoms with Gasteiger partial charge in [0.1, 0.15) is 6.04 Å². The molecule has 1 amide bonds. The van der Waals surface area contributed by atoms with Crippen molar-refractivity contribution >= 4 is 23.3 Å². The maximum Gasteiger partial charge on any atom is 0.258 e. The van der Waals surface area contributed by atoms with Gasteiger partial charge in [0.05, 0.1) is 0 Å². The predicted molar refractivity (Wildman–Crippen MR) is 127 cm³/mol. The lowest BCUT2D eigenvalue weighted by Crippen LogP contribution is -2.49.